The van der Waals surface area contributed by atoms with Crippen molar-refractivity contribution in [3.8, 4) is 5.88 Å². The van der Waals surface area contributed by atoms with Crippen LogP contribution in [0.4, 0.5) is 5.69 Å². The Balaban J connectivity index is 1.72. The minimum absolute atomic E-state index is 0.467. The minimum Gasteiger partial charge on any atom is -0.481 e. The van der Waals surface area contributed by atoms with Gasteiger partial charge in [0.25, 0.3) is 0 Å². The summed E-state index contributed by atoms with van der Waals surface area (Å²) in [6.07, 6.45) is 3.94. The Kier molecular flexibility index (Phi) is 2.89. The Morgan fingerprint density at radius 3 is 2.56 bits per heavy atom. The summed E-state index contributed by atoms with van der Waals surface area (Å²) in [4.78, 5) is 4.11. The zero-order chi connectivity index (χ0) is 12.4. The molecule has 3 heteroatoms. The molecule has 0 spiro atoms. The van der Waals surface area contributed by atoms with Crippen LogP contribution in [0.2, 0.25) is 0 Å². The molecule has 92 valence electrons. The van der Waals surface area contributed by atoms with E-state index >= 15 is 0 Å². The van der Waals surface area contributed by atoms with E-state index in [0.29, 0.717) is 11.9 Å². The Morgan fingerprint density at radius 1 is 1.17 bits per heavy atom. The summed E-state index contributed by atoms with van der Waals surface area (Å²) in [7, 11) is 1.64. The number of aromatic nitrogens is 1. The van der Waals surface area contributed by atoms with Crippen molar-refractivity contribution in [2.24, 2.45) is 0 Å². The molecule has 1 aliphatic carbocycles. The molecule has 0 atom stereocenters. The van der Waals surface area contributed by atoms with E-state index in [2.05, 4.69) is 34.6 Å². The number of ether oxygens (including phenoxy) is 1. The van der Waals surface area contributed by atoms with Crippen LogP contribution in [-0.2, 0) is 12.8 Å². The fraction of sp³-hybridized carbons (Fsp3) is 0.267. The normalized spacial score (nSPS) is 14.3. The highest BCUT2D eigenvalue weighted by Gasteiger charge is 2.20. The molecule has 2 aromatic rings. The van der Waals surface area contributed by atoms with Crippen molar-refractivity contribution in [2.75, 3.05) is 12.4 Å². The minimum atomic E-state index is 0.467. The molecule has 3 nitrogen and oxygen atoms in total. The largest absolute Gasteiger partial charge is 0.481 e. The van der Waals surface area contributed by atoms with Crippen molar-refractivity contribution in [1.29, 1.82) is 0 Å². The molecule has 0 amide bonds. The van der Waals surface area contributed by atoms with E-state index < -0.39 is 0 Å². The van der Waals surface area contributed by atoms with Crippen LogP contribution in [0, 0.1) is 0 Å². The second-order valence-corrected chi connectivity index (χ2v) is 4.61. The molecule has 1 aromatic carbocycles. The average molecular weight is 240 g/mol. The Morgan fingerprint density at radius 2 is 1.89 bits per heavy atom. The van der Waals surface area contributed by atoms with Gasteiger partial charge in [0.15, 0.2) is 0 Å². The number of pyridine rings is 1. The van der Waals surface area contributed by atoms with E-state index in [9.17, 15) is 0 Å². The highest BCUT2D eigenvalue weighted by Crippen LogP contribution is 2.25. The fourth-order valence-corrected chi connectivity index (χ4v) is 2.51. The Hall–Kier alpha value is -2.03. The molecule has 0 fully saturated rings. The molecule has 0 saturated carbocycles. The average Bonchev–Trinajstić information content (AvgIpc) is 2.81. The smallest absolute Gasteiger partial charge is 0.214 e. The van der Waals surface area contributed by atoms with Crippen LogP contribution in [0.25, 0.3) is 0 Å². The van der Waals surface area contributed by atoms with Gasteiger partial charge in [0, 0.05) is 24.0 Å². The Labute approximate surface area is 107 Å². The lowest BCUT2D eigenvalue weighted by molar-refractivity contribution is 0.398. The third kappa shape index (κ3) is 2.16. The molecule has 3 rings (SSSR count). The first kappa shape index (κ1) is 11.1. The number of fused-ring (bicyclic) bond motifs is 1. The molecule has 1 N–H and O–H groups in total. The lowest BCUT2D eigenvalue weighted by atomic mass is 10.1. The van der Waals surface area contributed by atoms with Crippen molar-refractivity contribution in [1.82, 2.24) is 4.98 Å². The van der Waals surface area contributed by atoms with Crippen LogP contribution in [0.1, 0.15) is 11.1 Å². The van der Waals surface area contributed by atoms with Crippen LogP contribution < -0.4 is 10.1 Å². The standard InChI is InChI=1S/C15H16N2O/c1-18-15-10-13(6-7-16-15)17-14-8-11-4-2-3-5-12(11)9-14/h2-7,10,14H,8-9H2,1H3,(H,16,17). The number of nitrogens with zero attached hydrogens (tertiary/aromatic N) is 1. The van der Waals surface area contributed by atoms with Gasteiger partial charge in [-0.2, -0.15) is 0 Å². The van der Waals surface area contributed by atoms with Crippen molar-refractivity contribution < 1.29 is 4.74 Å². The van der Waals surface area contributed by atoms with Gasteiger partial charge in [-0.15, -0.1) is 0 Å². The van der Waals surface area contributed by atoms with E-state index in [0.717, 1.165) is 18.5 Å². The van der Waals surface area contributed by atoms with Crippen molar-refractivity contribution in [3.63, 3.8) is 0 Å². The van der Waals surface area contributed by atoms with Gasteiger partial charge >= 0.3 is 0 Å². The molecule has 0 radical (unpaired) electrons. The van der Waals surface area contributed by atoms with Gasteiger partial charge in [0.1, 0.15) is 0 Å². The topological polar surface area (TPSA) is 34.1 Å². The zero-order valence-corrected chi connectivity index (χ0v) is 10.4. The van der Waals surface area contributed by atoms with Crippen LogP contribution in [0.5, 0.6) is 5.88 Å². The summed E-state index contributed by atoms with van der Waals surface area (Å²) in [6.45, 7) is 0. The number of benzene rings is 1. The second-order valence-electron chi connectivity index (χ2n) is 4.61. The summed E-state index contributed by atoms with van der Waals surface area (Å²) >= 11 is 0. The molecule has 0 aliphatic heterocycles. The molecule has 1 aliphatic rings. The number of hydrogen-bond acceptors (Lipinski definition) is 3. The van der Waals surface area contributed by atoms with Crippen LogP contribution >= 0.6 is 0 Å². The van der Waals surface area contributed by atoms with Gasteiger partial charge in [0.2, 0.25) is 5.88 Å². The predicted octanol–water partition coefficient (Wildman–Crippen LogP) is 2.67. The number of rotatable bonds is 3. The first-order chi connectivity index (χ1) is 8.85. The van der Waals surface area contributed by atoms with E-state index in [1.54, 1.807) is 13.3 Å². The van der Waals surface area contributed by atoms with E-state index in [1.807, 2.05) is 12.1 Å². The fourth-order valence-electron chi connectivity index (χ4n) is 2.51. The monoisotopic (exact) mass is 240 g/mol. The molecule has 18 heavy (non-hydrogen) atoms. The number of nitrogens with one attached hydrogen (secondary N) is 1. The van der Waals surface area contributed by atoms with Crippen molar-refractivity contribution in [2.45, 2.75) is 18.9 Å². The summed E-state index contributed by atoms with van der Waals surface area (Å²) < 4.78 is 5.13. The highest BCUT2D eigenvalue weighted by atomic mass is 16.5. The lowest BCUT2D eigenvalue weighted by Crippen LogP contribution is -2.19. The van der Waals surface area contributed by atoms with Gasteiger partial charge in [-0.05, 0) is 30.0 Å². The molecular weight excluding hydrogens is 224 g/mol. The van der Waals surface area contributed by atoms with E-state index in [4.69, 9.17) is 4.74 Å². The highest BCUT2D eigenvalue weighted by molar-refractivity contribution is 5.48. The third-order valence-electron chi connectivity index (χ3n) is 3.37. The molecule has 0 bridgehead atoms. The van der Waals surface area contributed by atoms with Gasteiger partial charge in [0.05, 0.1) is 7.11 Å². The van der Waals surface area contributed by atoms with Gasteiger partial charge < -0.3 is 10.1 Å². The maximum absolute atomic E-state index is 5.13. The third-order valence-corrected chi connectivity index (χ3v) is 3.37. The van der Waals surface area contributed by atoms with Gasteiger partial charge in [-0.1, -0.05) is 24.3 Å². The molecule has 0 saturated heterocycles. The zero-order valence-electron chi connectivity index (χ0n) is 10.4. The second kappa shape index (κ2) is 4.69. The molecule has 1 heterocycles. The van der Waals surface area contributed by atoms with Crippen LogP contribution in [-0.4, -0.2) is 18.1 Å². The van der Waals surface area contributed by atoms with Gasteiger partial charge in [-0.25, -0.2) is 4.98 Å². The molecule has 0 unspecified atom stereocenters. The first-order valence-electron chi connectivity index (χ1n) is 6.18. The Bertz CT molecular complexity index is 529. The van der Waals surface area contributed by atoms with E-state index in [-0.39, 0.29) is 0 Å². The molecular formula is C15H16N2O. The van der Waals surface area contributed by atoms with Gasteiger partial charge in [-0.3, -0.25) is 0 Å². The lowest BCUT2D eigenvalue weighted by Gasteiger charge is -2.13. The molecule has 1 aromatic heterocycles. The number of methoxy groups -OCH3 is 1. The van der Waals surface area contributed by atoms with Crippen LogP contribution in [0.3, 0.4) is 0 Å². The SMILES string of the molecule is COc1cc(NC2Cc3ccccc3C2)ccn1. The quantitative estimate of drug-likeness (QED) is 0.895. The first-order valence-corrected chi connectivity index (χ1v) is 6.18. The van der Waals surface area contributed by atoms with E-state index in [1.165, 1.54) is 11.1 Å². The summed E-state index contributed by atoms with van der Waals surface area (Å²) in [5, 5.41) is 3.54. The van der Waals surface area contributed by atoms with Crippen molar-refractivity contribution >= 4 is 5.69 Å². The maximum Gasteiger partial charge on any atom is 0.214 e. The number of anilines is 1. The van der Waals surface area contributed by atoms with Crippen LogP contribution in [0.15, 0.2) is 42.6 Å². The number of hydrogen-bond donors (Lipinski definition) is 1. The summed E-state index contributed by atoms with van der Waals surface area (Å²) in [5.41, 5.74) is 3.98. The summed E-state index contributed by atoms with van der Waals surface area (Å²) in [6, 6.07) is 13.0. The maximum atomic E-state index is 5.13. The van der Waals surface area contributed by atoms with Crippen molar-refractivity contribution in [3.05, 3.63) is 53.7 Å². The summed E-state index contributed by atoms with van der Waals surface area (Å²) in [5.74, 6) is 0.649. The predicted molar refractivity (Wildman–Crippen MR) is 72.0 cm³/mol.